The van der Waals surface area contributed by atoms with Gasteiger partial charge in [0, 0.05) is 12.1 Å². The first-order valence-corrected chi connectivity index (χ1v) is 8.40. The molecule has 2 aromatic rings. The zero-order valence-electron chi connectivity index (χ0n) is 12.5. The van der Waals surface area contributed by atoms with Crippen molar-refractivity contribution in [2.75, 3.05) is 17.9 Å². The van der Waals surface area contributed by atoms with Crippen molar-refractivity contribution in [1.82, 2.24) is 0 Å². The number of hydrogen-bond donors (Lipinski definition) is 2. The van der Waals surface area contributed by atoms with E-state index in [0.717, 1.165) is 24.3 Å². The Morgan fingerprint density at radius 1 is 1.04 bits per heavy atom. The summed E-state index contributed by atoms with van der Waals surface area (Å²) >= 11 is 0. The highest BCUT2D eigenvalue weighted by molar-refractivity contribution is 7.92. The second-order valence-corrected chi connectivity index (χ2v) is 6.75. The summed E-state index contributed by atoms with van der Waals surface area (Å²) in [5.74, 6) is -3.46. The molecule has 0 radical (unpaired) electrons. The molecule has 0 fully saturated rings. The third kappa shape index (κ3) is 3.48. The maximum Gasteiger partial charge on any atom is 0.339 e. The average molecular weight is 371 g/mol. The molecule has 0 saturated heterocycles. The van der Waals surface area contributed by atoms with E-state index in [1.807, 2.05) is 4.72 Å². The van der Waals surface area contributed by atoms with Crippen molar-refractivity contribution < 1.29 is 36.6 Å². The zero-order chi connectivity index (χ0) is 18.2. The fourth-order valence-corrected chi connectivity index (χ4v) is 3.35. The summed E-state index contributed by atoms with van der Waals surface area (Å²) in [4.78, 5) is 10.9. The number of carboxylic acid groups (broad SMARTS) is 1. The minimum Gasteiger partial charge on any atom is -0.486 e. The zero-order valence-corrected chi connectivity index (χ0v) is 13.3. The lowest BCUT2D eigenvalue weighted by molar-refractivity contribution is 0.0685. The molecule has 0 saturated carbocycles. The molecule has 2 aromatic carbocycles. The van der Waals surface area contributed by atoms with Gasteiger partial charge in [-0.3, -0.25) is 4.72 Å². The van der Waals surface area contributed by atoms with Crippen LogP contribution in [-0.4, -0.2) is 32.7 Å². The van der Waals surface area contributed by atoms with Crippen molar-refractivity contribution in [3.63, 3.8) is 0 Å². The van der Waals surface area contributed by atoms with Crippen LogP contribution in [0.3, 0.4) is 0 Å². The van der Waals surface area contributed by atoms with Gasteiger partial charge in [0.15, 0.2) is 11.5 Å². The van der Waals surface area contributed by atoms with E-state index < -0.39 is 38.1 Å². The van der Waals surface area contributed by atoms with Crippen LogP contribution < -0.4 is 14.2 Å². The van der Waals surface area contributed by atoms with Crippen LogP contribution in [0.5, 0.6) is 11.5 Å². The number of anilines is 1. The second kappa shape index (κ2) is 6.20. The number of ether oxygens (including phenoxy) is 2. The molecule has 0 aromatic heterocycles. The normalized spacial score (nSPS) is 13.4. The van der Waals surface area contributed by atoms with Crippen molar-refractivity contribution in [3.05, 3.63) is 47.5 Å². The molecule has 132 valence electrons. The lowest BCUT2D eigenvalue weighted by atomic mass is 10.2. The van der Waals surface area contributed by atoms with Crippen molar-refractivity contribution in [2.24, 2.45) is 0 Å². The highest BCUT2D eigenvalue weighted by Crippen LogP contribution is 2.37. The molecule has 1 heterocycles. The Morgan fingerprint density at radius 3 is 2.32 bits per heavy atom. The smallest absolute Gasteiger partial charge is 0.339 e. The SMILES string of the molecule is O=C(O)c1cc(S(=O)(=O)Nc2cc(F)cc(F)c2)cc2c1OCCO2. The Hall–Kier alpha value is -2.88. The first kappa shape index (κ1) is 17.0. The van der Waals surface area contributed by atoms with Crippen LogP contribution >= 0.6 is 0 Å². The lowest BCUT2D eigenvalue weighted by Crippen LogP contribution is -2.20. The third-order valence-electron chi connectivity index (χ3n) is 3.27. The first-order valence-electron chi connectivity index (χ1n) is 6.92. The molecule has 0 unspecified atom stereocenters. The van der Waals surface area contributed by atoms with Crippen LogP contribution in [0.1, 0.15) is 10.4 Å². The van der Waals surface area contributed by atoms with Gasteiger partial charge in [0.25, 0.3) is 10.0 Å². The van der Waals surface area contributed by atoms with Crippen LogP contribution in [0.2, 0.25) is 0 Å². The Balaban J connectivity index is 2.05. The number of rotatable bonds is 4. The fraction of sp³-hybridized carbons (Fsp3) is 0.133. The molecule has 2 N–H and O–H groups in total. The van der Waals surface area contributed by atoms with E-state index in [1.165, 1.54) is 0 Å². The summed E-state index contributed by atoms with van der Waals surface area (Å²) in [6.07, 6.45) is 0. The predicted octanol–water partition coefficient (Wildman–Crippen LogP) is 2.24. The molecule has 1 aliphatic heterocycles. The highest BCUT2D eigenvalue weighted by Gasteiger charge is 2.26. The summed E-state index contributed by atoms with van der Waals surface area (Å²) in [6.45, 7) is 0.248. The largest absolute Gasteiger partial charge is 0.486 e. The Morgan fingerprint density at radius 2 is 1.68 bits per heavy atom. The van der Waals surface area contributed by atoms with E-state index in [0.29, 0.717) is 6.07 Å². The van der Waals surface area contributed by atoms with Crippen LogP contribution in [0.15, 0.2) is 35.2 Å². The quantitative estimate of drug-likeness (QED) is 0.855. The van der Waals surface area contributed by atoms with Gasteiger partial charge in [-0.2, -0.15) is 0 Å². The van der Waals surface area contributed by atoms with E-state index in [4.69, 9.17) is 9.47 Å². The molecule has 1 aliphatic rings. The topological polar surface area (TPSA) is 102 Å². The van der Waals surface area contributed by atoms with E-state index >= 15 is 0 Å². The summed E-state index contributed by atoms with van der Waals surface area (Å²) in [5.41, 5.74) is -0.743. The number of fused-ring (bicyclic) bond motifs is 1. The Labute approximate surface area is 140 Å². The minimum atomic E-state index is -4.32. The number of aromatic carboxylic acids is 1. The molecule has 0 amide bonds. The summed E-state index contributed by atoms with van der Waals surface area (Å²) in [7, 11) is -4.32. The number of carboxylic acids is 1. The number of benzene rings is 2. The monoisotopic (exact) mass is 371 g/mol. The lowest BCUT2D eigenvalue weighted by Gasteiger charge is -2.21. The number of nitrogens with one attached hydrogen (secondary N) is 1. The fourth-order valence-electron chi connectivity index (χ4n) is 2.27. The van der Waals surface area contributed by atoms with Gasteiger partial charge in [0.05, 0.1) is 10.6 Å². The number of hydrogen-bond acceptors (Lipinski definition) is 5. The molecular formula is C15H11F2NO6S. The van der Waals surface area contributed by atoms with Crippen LogP contribution in [0, 0.1) is 11.6 Å². The van der Waals surface area contributed by atoms with Gasteiger partial charge < -0.3 is 14.6 Å². The summed E-state index contributed by atoms with van der Waals surface area (Å²) in [5, 5.41) is 9.24. The molecule has 25 heavy (non-hydrogen) atoms. The Kier molecular flexibility index (Phi) is 4.21. The van der Waals surface area contributed by atoms with E-state index in [-0.39, 0.29) is 30.4 Å². The number of halogens is 2. The van der Waals surface area contributed by atoms with Crippen molar-refractivity contribution in [3.8, 4) is 11.5 Å². The molecule has 10 heteroatoms. The first-order chi connectivity index (χ1) is 11.8. The molecule has 0 bridgehead atoms. The van der Waals surface area contributed by atoms with Crippen molar-refractivity contribution >= 4 is 21.7 Å². The molecule has 0 spiro atoms. The summed E-state index contributed by atoms with van der Waals surface area (Å²) < 4.78 is 63.7. The molecule has 7 nitrogen and oxygen atoms in total. The van der Waals surface area contributed by atoms with Crippen LogP contribution in [0.25, 0.3) is 0 Å². The van der Waals surface area contributed by atoms with Gasteiger partial charge in [-0.25, -0.2) is 22.0 Å². The molecule has 0 aliphatic carbocycles. The standard InChI is InChI=1S/C15H11F2NO6S/c16-8-3-9(17)5-10(4-8)18-25(21,22)11-6-12(15(19)20)14-13(7-11)23-1-2-24-14/h3-7,18H,1-2H2,(H,19,20). The van der Waals surface area contributed by atoms with Crippen molar-refractivity contribution in [2.45, 2.75) is 4.90 Å². The van der Waals surface area contributed by atoms with Crippen molar-refractivity contribution in [1.29, 1.82) is 0 Å². The average Bonchev–Trinajstić information content (AvgIpc) is 2.52. The Bertz CT molecular complexity index is 940. The van der Waals surface area contributed by atoms with Crippen LogP contribution in [0.4, 0.5) is 14.5 Å². The van der Waals surface area contributed by atoms with Gasteiger partial charge in [-0.1, -0.05) is 0 Å². The maximum atomic E-state index is 13.2. The maximum absolute atomic E-state index is 13.2. The number of carbonyl (C=O) groups is 1. The van der Waals surface area contributed by atoms with E-state index in [9.17, 15) is 27.1 Å². The molecular weight excluding hydrogens is 360 g/mol. The predicted molar refractivity (Wildman–Crippen MR) is 81.6 cm³/mol. The van der Waals surface area contributed by atoms with Gasteiger partial charge in [0.1, 0.15) is 30.4 Å². The van der Waals surface area contributed by atoms with E-state index in [2.05, 4.69) is 0 Å². The van der Waals surface area contributed by atoms with Gasteiger partial charge in [-0.15, -0.1) is 0 Å². The third-order valence-corrected chi connectivity index (χ3v) is 4.63. The molecule has 3 rings (SSSR count). The van der Waals surface area contributed by atoms with Gasteiger partial charge >= 0.3 is 5.97 Å². The van der Waals surface area contributed by atoms with Gasteiger partial charge in [-0.05, 0) is 18.2 Å². The van der Waals surface area contributed by atoms with E-state index in [1.54, 1.807) is 0 Å². The minimum absolute atomic E-state index is 0.0445. The highest BCUT2D eigenvalue weighted by atomic mass is 32.2. The number of sulfonamides is 1. The second-order valence-electron chi connectivity index (χ2n) is 5.06. The molecule has 0 atom stereocenters. The summed E-state index contributed by atoms with van der Waals surface area (Å²) in [6, 6.07) is 4.13. The van der Waals surface area contributed by atoms with Gasteiger partial charge in [0.2, 0.25) is 0 Å². The van der Waals surface area contributed by atoms with Crippen LogP contribution in [-0.2, 0) is 10.0 Å².